The van der Waals surface area contributed by atoms with E-state index in [1.54, 1.807) is 6.20 Å². The molecule has 0 aromatic carbocycles. The Labute approximate surface area is 235 Å². The monoisotopic (exact) mass is 541 g/mol. The quantitative estimate of drug-likeness (QED) is 0.275. The number of aromatic nitrogens is 4. The van der Waals surface area contributed by atoms with Crippen molar-refractivity contribution in [3.8, 4) is 0 Å². The van der Waals surface area contributed by atoms with Crippen LogP contribution in [0.1, 0.15) is 83.9 Å². The molecule has 4 rings (SSSR count). The third-order valence-corrected chi connectivity index (χ3v) is 8.30. The SMILES string of the molecule is CCOC(=O)CCCNC(Cc1nccn1CCCN1CCC2(CCN(CC(C)(C)C)CC2)C1)c1ncc[nH]1. The summed E-state index contributed by atoms with van der Waals surface area (Å²) in [7, 11) is 0. The Morgan fingerprint density at radius 2 is 1.87 bits per heavy atom. The zero-order chi connectivity index (χ0) is 27.7. The number of carbonyl (C=O) groups excluding carboxylic acids is 1. The van der Waals surface area contributed by atoms with Gasteiger partial charge in [0, 0.05) is 57.3 Å². The Hall–Kier alpha value is -2.23. The fourth-order valence-corrected chi connectivity index (χ4v) is 6.34. The number of hydrogen-bond acceptors (Lipinski definition) is 7. The maximum absolute atomic E-state index is 11.7. The number of nitrogens with one attached hydrogen (secondary N) is 2. The topological polar surface area (TPSA) is 91.3 Å². The van der Waals surface area contributed by atoms with E-state index < -0.39 is 0 Å². The molecule has 2 aliphatic rings. The van der Waals surface area contributed by atoms with Crippen LogP contribution in [-0.2, 0) is 22.5 Å². The molecule has 9 heteroatoms. The standard InChI is InChI=1S/C30H51N7O2/c1-5-39-27(38)8-6-12-31-25(28-33-13-14-34-28)22-26-32-15-21-37(26)17-7-16-35-18-9-30(24-35)10-19-36(20-11-30)23-29(2,3)4/h13-15,21,25,31H,5-12,16-20,22-24H2,1-4H3,(H,33,34). The lowest BCUT2D eigenvalue weighted by Gasteiger charge is -2.41. The number of likely N-dealkylation sites (tertiary alicyclic amines) is 2. The molecule has 4 heterocycles. The molecular formula is C30H51N7O2. The third-order valence-electron chi connectivity index (χ3n) is 8.30. The normalized spacial score (nSPS) is 19.1. The van der Waals surface area contributed by atoms with Gasteiger partial charge < -0.3 is 29.4 Å². The molecule has 2 aromatic rings. The molecule has 0 amide bonds. The van der Waals surface area contributed by atoms with Crippen LogP contribution in [0.5, 0.6) is 0 Å². The number of carbonyl (C=O) groups is 1. The molecule has 0 saturated carbocycles. The van der Waals surface area contributed by atoms with Crippen LogP contribution in [0.3, 0.4) is 0 Å². The first-order chi connectivity index (χ1) is 18.8. The van der Waals surface area contributed by atoms with Crippen LogP contribution in [0, 0.1) is 10.8 Å². The summed E-state index contributed by atoms with van der Waals surface area (Å²) in [6.45, 7) is 18.4. The van der Waals surface area contributed by atoms with Crippen molar-refractivity contribution in [3.05, 3.63) is 36.4 Å². The van der Waals surface area contributed by atoms with Gasteiger partial charge in [0.2, 0.25) is 0 Å². The van der Waals surface area contributed by atoms with Crippen LogP contribution in [0.4, 0.5) is 0 Å². The maximum atomic E-state index is 11.7. The molecular weight excluding hydrogens is 490 g/mol. The van der Waals surface area contributed by atoms with E-state index >= 15 is 0 Å². The van der Waals surface area contributed by atoms with Crippen LogP contribution in [-0.4, -0.2) is 87.7 Å². The van der Waals surface area contributed by atoms with Gasteiger partial charge in [-0.15, -0.1) is 0 Å². The molecule has 2 fully saturated rings. The summed E-state index contributed by atoms with van der Waals surface area (Å²) in [4.78, 5) is 29.5. The molecule has 2 aliphatic heterocycles. The number of H-pyrrole nitrogens is 1. The van der Waals surface area contributed by atoms with E-state index in [9.17, 15) is 4.79 Å². The predicted octanol–water partition coefficient (Wildman–Crippen LogP) is 4.05. The van der Waals surface area contributed by atoms with Crippen LogP contribution >= 0.6 is 0 Å². The lowest BCUT2D eigenvalue weighted by atomic mass is 9.77. The van der Waals surface area contributed by atoms with Gasteiger partial charge in [0.25, 0.3) is 0 Å². The number of esters is 1. The number of imidazole rings is 2. The van der Waals surface area contributed by atoms with Gasteiger partial charge in [0.1, 0.15) is 11.6 Å². The molecule has 39 heavy (non-hydrogen) atoms. The summed E-state index contributed by atoms with van der Waals surface area (Å²) in [6, 6.07) is 0.0194. The van der Waals surface area contributed by atoms with Crippen LogP contribution in [0.25, 0.3) is 0 Å². The van der Waals surface area contributed by atoms with Crippen molar-refractivity contribution < 1.29 is 9.53 Å². The zero-order valence-electron chi connectivity index (χ0n) is 24.8. The molecule has 1 atom stereocenters. The van der Waals surface area contributed by atoms with E-state index in [0.29, 0.717) is 23.9 Å². The Morgan fingerprint density at radius 3 is 2.56 bits per heavy atom. The van der Waals surface area contributed by atoms with Crippen molar-refractivity contribution in [2.45, 2.75) is 85.2 Å². The van der Waals surface area contributed by atoms with Gasteiger partial charge >= 0.3 is 5.97 Å². The Morgan fingerprint density at radius 1 is 1.10 bits per heavy atom. The number of aromatic amines is 1. The van der Waals surface area contributed by atoms with Crippen LogP contribution < -0.4 is 5.32 Å². The molecule has 1 spiro atoms. The predicted molar refractivity (Wildman–Crippen MR) is 154 cm³/mol. The highest BCUT2D eigenvalue weighted by Crippen LogP contribution is 2.40. The minimum Gasteiger partial charge on any atom is -0.466 e. The lowest BCUT2D eigenvalue weighted by Crippen LogP contribution is -2.44. The summed E-state index contributed by atoms with van der Waals surface area (Å²) in [5.41, 5.74) is 0.931. The minimum absolute atomic E-state index is 0.0194. The second-order valence-corrected chi connectivity index (χ2v) is 12.8. The second kappa shape index (κ2) is 13.9. The molecule has 218 valence electrons. The van der Waals surface area contributed by atoms with Crippen molar-refractivity contribution >= 4 is 5.97 Å². The van der Waals surface area contributed by atoms with E-state index in [1.807, 2.05) is 19.3 Å². The minimum atomic E-state index is -0.140. The van der Waals surface area contributed by atoms with Gasteiger partial charge in [-0.05, 0) is 82.6 Å². The molecule has 0 aliphatic carbocycles. The summed E-state index contributed by atoms with van der Waals surface area (Å²) < 4.78 is 7.34. The smallest absolute Gasteiger partial charge is 0.305 e. The van der Waals surface area contributed by atoms with Crippen molar-refractivity contribution in [1.29, 1.82) is 0 Å². The first-order valence-corrected chi connectivity index (χ1v) is 15.1. The number of hydrogen-bond donors (Lipinski definition) is 2. The van der Waals surface area contributed by atoms with Crippen molar-refractivity contribution in [2.24, 2.45) is 10.8 Å². The fraction of sp³-hybridized carbons (Fsp3) is 0.767. The Bertz CT molecular complexity index is 989. The van der Waals surface area contributed by atoms with Gasteiger partial charge in [0.15, 0.2) is 0 Å². The lowest BCUT2D eigenvalue weighted by molar-refractivity contribution is -0.143. The number of rotatable bonds is 14. The van der Waals surface area contributed by atoms with E-state index in [0.717, 1.165) is 50.5 Å². The third kappa shape index (κ3) is 9.15. The molecule has 0 bridgehead atoms. The average molecular weight is 542 g/mol. The number of nitrogens with zero attached hydrogens (tertiary/aromatic N) is 5. The van der Waals surface area contributed by atoms with Crippen molar-refractivity contribution in [1.82, 2.24) is 34.6 Å². The first-order valence-electron chi connectivity index (χ1n) is 15.1. The summed E-state index contributed by atoms with van der Waals surface area (Å²) >= 11 is 0. The maximum Gasteiger partial charge on any atom is 0.305 e. The largest absolute Gasteiger partial charge is 0.466 e. The number of aryl methyl sites for hydroxylation is 1. The van der Waals surface area contributed by atoms with E-state index in [2.05, 4.69) is 61.6 Å². The Balaban J connectivity index is 1.21. The summed E-state index contributed by atoms with van der Waals surface area (Å²) in [5, 5.41) is 3.57. The fourth-order valence-electron chi connectivity index (χ4n) is 6.34. The van der Waals surface area contributed by atoms with E-state index in [4.69, 9.17) is 4.74 Å². The number of ether oxygens (including phenoxy) is 1. The first kappa shape index (κ1) is 29.7. The summed E-state index contributed by atoms with van der Waals surface area (Å²) in [6.07, 6.45) is 14.8. The highest BCUT2D eigenvalue weighted by molar-refractivity contribution is 5.69. The second-order valence-electron chi connectivity index (χ2n) is 12.8. The van der Waals surface area contributed by atoms with Gasteiger partial charge in [-0.1, -0.05) is 20.8 Å². The molecule has 2 N–H and O–H groups in total. The van der Waals surface area contributed by atoms with Crippen molar-refractivity contribution in [2.75, 3.05) is 52.4 Å². The van der Waals surface area contributed by atoms with Crippen LogP contribution in [0.2, 0.25) is 0 Å². The van der Waals surface area contributed by atoms with Crippen molar-refractivity contribution in [3.63, 3.8) is 0 Å². The van der Waals surface area contributed by atoms with E-state index in [1.165, 1.54) is 52.0 Å². The molecule has 0 radical (unpaired) electrons. The molecule has 1 unspecified atom stereocenters. The van der Waals surface area contributed by atoms with Gasteiger partial charge in [-0.2, -0.15) is 0 Å². The Kier molecular flexibility index (Phi) is 10.6. The van der Waals surface area contributed by atoms with Gasteiger partial charge in [-0.25, -0.2) is 9.97 Å². The number of piperidine rings is 1. The van der Waals surface area contributed by atoms with E-state index in [-0.39, 0.29) is 12.0 Å². The molecule has 9 nitrogen and oxygen atoms in total. The molecule has 2 aromatic heterocycles. The highest BCUT2D eigenvalue weighted by Gasteiger charge is 2.40. The molecule has 2 saturated heterocycles. The average Bonchev–Trinajstić information content (AvgIpc) is 3.65. The zero-order valence-corrected chi connectivity index (χ0v) is 24.8. The summed E-state index contributed by atoms with van der Waals surface area (Å²) in [5.74, 6) is 1.83. The van der Waals surface area contributed by atoms with Gasteiger partial charge in [-0.3, -0.25) is 4.79 Å². The van der Waals surface area contributed by atoms with Gasteiger partial charge in [0.05, 0.1) is 12.6 Å². The highest BCUT2D eigenvalue weighted by atomic mass is 16.5. The van der Waals surface area contributed by atoms with Crippen LogP contribution in [0.15, 0.2) is 24.8 Å².